The van der Waals surface area contributed by atoms with Gasteiger partial charge in [0.1, 0.15) is 11.7 Å². The highest BCUT2D eigenvalue weighted by Gasteiger charge is 2.13. The molecular weight excluding hydrogens is 434 g/mol. The van der Waals surface area contributed by atoms with Crippen LogP contribution in [-0.2, 0) is 13.0 Å². The maximum Gasteiger partial charge on any atom is 0.140 e. The van der Waals surface area contributed by atoms with E-state index < -0.39 is 0 Å². The Labute approximate surface area is 198 Å². The number of aromatic nitrogens is 2. The normalized spacial score (nSPS) is 11.4. The third-order valence-corrected chi connectivity index (χ3v) is 7.01. The number of thioether (sulfide) groups is 1. The third kappa shape index (κ3) is 5.41. The summed E-state index contributed by atoms with van der Waals surface area (Å²) in [6.45, 7) is 4.02. The number of imidazole rings is 1. The van der Waals surface area contributed by atoms with Gasteiger partial charge < -0.3 is 14.8 Å². The van der Waals surface area contributed by atoms with E-state index in [9.17, 15) is 0 Å². The molecule has 0 atom stereocenters. The van der Waals surface area contributed by atoms with Crippen molar-refractivity contribution in [3.05, 3.63) is 76.2 Å². The van der Waals surface area contributed by atoms with Crippen LogP contribution in [0.3, 0.4) is 0 Å². The summed E-state index contributed by atoms with van der Waals surface area (Å²) in [5.74, 6) is 2.57. The highest BCUT2D eigenvalue weighted by Crippen LogP contribution is 2.24. The average Bonchev–Trinajstić information content (AvgIpc) is 3.42. The summed E-state index contributed by atoms with van der Waals surface area (Å²) in [5, 5.41) is 13.5. The molecule has 0 bridgehead atoms. The van der Waals surface area contributed by atoms with Gasteiger partial charge in [0.2, 0.25) is 0 Å². The van der Waals surface area contributed by atoms with Crippen LogP contribution < -0.4 is 5.32 Å². The molecule has 0 aliphatic carbocycles. The Hall–Kier alpha value is -2.61. The second-order valence-corrected chi connectivity index (χ2v) is 10.2. The number of anilines is 1. The van der Waals surface area contributed by atoms with Gasteiger partial charge in [0.05, 0.1) is 15.9 Å². The lowest BCUT2D eigenvalue weighted by Crippen LogP contribution is -2.19. The van der Waals surface area contributed by atoms with Gasteiger partial charge in [-0.3, -0.25) is 5.41 Å². The lowest BCUT2D eigenvalue weighted by Gasteiger charge is -2.14. The zero-order valence-corrected chi connectivity index (χ0v) is 20.4. The molecule has 2 aromatic heterocycles. The van der Waals surface area contributed by atoms with Gasteiger partial charge in [0.25, 0.3) is 0 Å². The molecule has 0 amide bonds. The van der Waals surface area contributed by atoms with E-state index >= 15 is 0 Å². The monoisotopic (exact) mass is 463 g/mol. The van der Waals surface area contributed by atoms with Crippen molar-refractivity contribution in [3.8, 4) is 0 Å². The largest absolute Gasteiger partial charge is 0.339 e. The molecule has 4 aromatic rings. The first-order valence-electron chi connectivity index (χ1n) is 10.8. The summed E-state index contributed by atoms with van der Waals surface area (Å²) < 4.78 is 2.33. The quantitative estimate of drug-likeness (QED) is 0.187. The van der Waals surface area contributed by atoms with E-state index in [0.29, 0.717) is 5.84 Å². The van der Waals surface area contributed by atoms with E-state index in [1.165, 1.54) is 10.5 Å². The molecule has 2 N–H and O–H groups in total. The van der Waals surface area contributed by atoms with E-state index in [2.05, 4.69) is 66.1 Å². The van der Waals surface area contributed by atoms with Crippen LogP contribution in [-0.4, -0.2) is 46.7 Å². The molecule has 166 valence electrons. The zero-order chi connectivity index (χ0) is 22.5. The number of amidine groups is 1. The molecule has 32 heavy (non-hydrogen) atoms. The standard InChI is InChI=1S/C25H29N5S2/c1-4-31-20-10-7-18(8-11-20)16-24-28-21-17-19(27-25(26)23-6-5-15-32-23)9-12-22(21)30(24)14-13-29(2)3/h5-12,15,17H,4,13-14,16H2,1-3H3,(H2,26,27). The Morgan fingerprint density at radius 1 is 1.16 bits per heavy atom. The molecule has 2 aromatic carbocycles. The fourth-order valence-electron chi connectivity index (χ4n) is 3.62. The van der Waals surface area contributed by atoms with E-state index in [1.807, 2.05) is 41.4 Å². The molecule has 0 radical (unpaired) electrons. The third-order valence-electron chi connectivity index (χ3n) is 5.23. The second-order valence-electron chi connectivity index (χ2n) is 7.92. The van der Waals surface area contributed by atoms with Gasteiger partial charge in [-0.05, 0) is 67.2 Å². The number of thiophene rings is 1. The maximum absolute atomic E-state index is 8.31. The predicted molar refractivity (Wildman–Crippen MR) is 139 cm³/mol. The van der Waals surface area contributed by atoms with Gasteiger partial charge in [0, 0.05) is 30.1 Å². The fourth-order valence-corrected chi connectivity index (χ4v) is 4.91. The molecule has 0 saturated carbocycles. The van der Waals surface area contributed by atoms with E-state index in [4.69, 9.17) is 10.4 Å². The Morgan fingerprint density at radius 3 is 2.66 bits per heavy atom. The highest BCUT2D eigenvalue weighted by molar-refractivity contribution is 7.99. The van der Waals surface area contributed by atoms with Crippen LogP contribution in [0.1, 0.15) is 23.2 Å². The molecule has 5 nitrogen and oxygen atoms in total. The van der Waals surface area contributed by atoms with Crippen molar-refractivity contribution in [2.24, 2.45) is 0 Å². The van der Waals surface area contributed by atoms with Crippen molar-refractivity contribution in [3.63, 3.8) is 0 Å². The lowest BCUT2D eigenvalue weighted by atomic mass is 10.1. The fraction of sp³-hybridized carbons (Fsp3) is 0.280. The number of fused-ring (bicyclic) bond motifs is 1. The number of benzene rings is 2. The summed E-state index contributed by atoms with van der Waals surface area (Å²) >= 11 is 3.43. The van der Waals surface area contributed by atoms with Crippen molar-refractivity contribution in [1.29, 1.82) is 5.41 Å². The molecule has 0 aliphatic rings. The van der Waals surface area contributed by atoms with Crippen LogP contribution in [0.4, 0.5) is 5.69 Å². The topological polar surface area (TPSA) is 56.9 Å². The maximum atomic E-state index is 8.31. The number of nitrogens with zero attached hydrogens (tertiary/aromatic N) is 3. The summed E-state index contributed by atoms with van der Waals surface area (Å²) in [6.07, 6.45) is 0.799. The summed E-state index contributed by atoms with van der Waals surface area (Å²) in [4.78, 5) is 9.44. The SMILES string of the molecule is CCSc1ccc(Cc2nc3cc(NC(=N)c4cccs4)ccc3n2CCN(C)C)cc1. The number of rotatable bonds is 9. The number of hydrogen-bond acceptors (Lipinski definition) is 5. The molecule has 0 unspecified atom stereocenters. The molecule has 2 heterocycles. The summed E-state index contributed by atoms with van der Waals surface area (Å²) in [6, 6.07) is 19.0. The van der Waals surface area contributed by atoms with Gasteiger partial charge in [0.15, 0.2) is 0 Å². The van der Waals surface area contributed by atoms with Gasteiger partial charge in [-0.15, -0.1) is 23.1 Å². The highest BCUT2D eigenvalue weighted by atomic mass is 32.2. The minimum Gasteiger partial charge on any atom is -0.339 e. The van der Waals surface area contributed by atoms with Crippen LogP contribution >= 0.6 is 23.1 Å². The van der Waals surface area contributed by atoms with Crippen LogP contribution in [0.5, 0.6) is 0 Å². The molecule has 4 rings (SSSR count). The summed E-state index contributed by atoms with van der Waals surface area (Å²) in [7, 11) is 4.20. The number of nitrogens with one attached hydrogen (secondary N) is 2. The summed E-state index contributed by atoms with van der Waals surface area (Å²) in [5.41, 5.74) is 4.25. The molecular formula is C25H29N5S2. The lowest BCUT2D eigenvalue weighted by molar-refractivity contribution is 0.384. The van der Waals surface area contributed by atoms with Crippen molar-refractivity contribution in [2.45, 2.75) is 24.8 Å². The minimum absolute atomic E-state index is 0.414. The van der Waals surface area contributed by atoms with Crippen LogP contribution in [0, 0.1) is 5.41 Å². The second kappa shape index (κ2) is 10.3. The van der Waals surface area contributed by atoms with Crippen molar-refractivity contribution < 1.29 is 0 Å². The van der Waals surface area contributed by atoms with E-state index in [0.717, 1.165) is 52.7 Å². The van der Waals surface area contributed by atoms with Crippen molar-refractivity contribution in [1.82, 2.24) is 14.5 Å². The Bertz CT molecular complexity index is 1180. The Balaban J connectivity index is 1.62. The zero-order valence-electron chi connectivity index (χ0n) is 18.8. The van der Waals surface area contributed by atoms with Gasteiger partial charge in [-0.1, -0.05) is 25.1 Å². The minimum atomic E-state index is 0.414. The van der Waals surface area contributed by atoms with Crippen LogP contribution in [0.15, 0.2) is 64.9 Å². The van der Waals surface area contributed by atoms with Crippen LogP contribution in [0.2, 0.25) is 0 Å². The predicted octanol–water partition coefficient (Wildman–Crippen LogP) is 5.80. The van der Waals surface area contributed by atoms with Crippen LogP contribution in [0.25, 0.3) is 11.0 Å². The first-order valence-corrected chi connectivity index (χ1v) is 12.6. The molecule has 0 fully saturated rings. The molecule has 0 aliphatic heterocycles. The average molecular weight is 464 g/mol. The van der Waals surface area contributed by atoms with Gasteiger partial charge >= 0.3 is 0 Å². The van der Waals surface area contributed by atoms with E-state index in [-0.39, 0.29) is 0 Å². The van der Waals surface area contributed by atoms with Gasteiger partial charge in [-0.2, -0.15) is 0 Å². The Morgan fingerprint density at radius 2 is 1.97 bits per heavy atom. The molecule has 0 saturated heterocycles. The number of likely N-dealkylation sites (N-methyl/N-ethyl adjacent to an activating group) is 1. The van der Waals surface area contributed by atoms with Crippen molar-refractivity contribution >= 4 is 45.7 Å². The van der Waals surface area contributed by atoms with Gasteiger partial charge in [-0.25, -0.2) is 4.98 Å². The first-order chi connectivity index (χ1) is 15.5. The molecule has 7 heteroatoms. The smallest absolute Gasteiger partial charge is 0.140 e. The first kappa shape index (κ1) is 22.6. The Kier molecular flexibility index (Phi) is 7.29. The number of hydrogen-bond donors (Lipinski definition) is 2. The van der Waals surface area contributed by atoms with E-state index in [1.54, 1.807) is 11.3 Å². The molecule has 0 spiro atoms. The van der Waals surface area contributed by atoms with Crippen molar-refractivity contribution in [2.75, 3.05) is 31.7 Å².